The molecule has 3 N–H and O–H groups in total. The van der Waals surface area contributed by atoms with E-state index in [2.05, 4.69) is 48.5 Å². The first-order chi connectivity index (χ1) is 18.0. The highest BCUT2D eigenvalue weighted by atomic mass is 16.4. The van der Waals surface area contributed by atoms with Crippen molar-refractivity contribution in [2.75, 3.05) is 13.1 Å². The van der Waals surface area contributed by atoms with Crippen molar-refractivity contribution in [3.05, 3.63) is 24.3 Å². The summed E-state index contributed by atoms with van der Waals surface area (Å²) in [6.45, 7) is 6.42. The van der Waals surface area contributed by atoms with E-state index < -0.39 is 11.9 Å². The van der Waals surface area contributed by atoms with Gasteiger partial charge in [0.15, 0.2) is 0 Å². The van der Waals surface area contributed by atoms with Gasteiger partial charge in [-0.05, 0) is 44.9 Å². The van der Waals surface area contributed by atoms with Crippen LogP contribution in [-0.4, -0.2) is 41.6 Å². The van der Waals surface area contributed by atoms with Crippen LogP contribution in [-0.2, 0) is 9.59 Å². The SMILES string of the molecule is C1=NCCN1.CCCCC/C=C\C/C=C\CCCCCCCC(=O)O.CCCCCCCCCC(=O)O. The Hall–Kier alpha value is -2.11. The third-order valence-corrected chi connectivity index (χ3v) is 5.90. The van der Waals surface area contributed by atoms with Crippen molar-refractivity contribution in [2.45, 2.75) is 142 Å². The Labute approximate surface area is 228 Å². The Morgan fingerprint density at radius 2 is 1.11 bits per heavy atom. The number of nitrogens with one attached hydrogen (secondary N) is 1. The Bertz CT molecular complexity index is 568. The minimum Gasteiger partial charge on any atom is -0.481 e. The van der Waals surface area contributed by atoms with Crippen LogP contribution in [0.25, 0.3) is 0 Å². The minimum atomic E-state index is -0.671. The summed E-state index contributed by atoms with van der Waals surface area (Å²) in [6.07, 6.45) is 32.7. The molecular formula is C31H58N2O4. The molecule has 0 aromatic rings. The zero-order valence-corrected chi connectivity index (χ0v) is 24.1. The fourth-order valence-electron chi connectivity index (χ4n) is 3.64. The number of carbonyl (C=O) groups is 2. The lowest BCUT2D eigenvalue weighted by Gasteiger charge is -1.98. The van der Waals surface area contributed by atoms with E-state index in [1.165, 1.54) is 77.0 Å². The molecule has 216 valence electrons. The van der Waals surface area contributed by atoms with Crippen LogP contribution in [0.15, 0.2) is 29.3 Å². The summed E-state index contributed by atoms with van der Waals surface area (Å²) in [5.41, 5.74) is 0. The monoisotopic (exact) mass is 522 g/mol. The summed E-state index contributed by atoms with van der Waals surface area (Å²) < 4.78 is 0. The summed E-state index contributed by atoms with van der Waals surface area (Å²) in [5, 5.41) is 19.8. The van der Waals surface area contributed by atoms with Crippen LogP contribution < -0.4 is 5.32 Å². The average Bonchev–Trinajstić information content (AvgIpc) is 3.46. The first kappa shape index (κ1) is 37.0. The average molecular weight is 523 g/mol. The van der Waals surface area contributed by atoms with Crippen LogP contribution in [0.4, 0.5) is 0 Å². The molecule has 1 aliphatic heterocycles. The molecule has 0 bridgehead atoms. The molecule has 0 radical (unpaired) electrons. The second kappa shape index (κ2) is 33.9. The maximum atomic E-state index is 10.3. The number of rotatable bonds is 22. The van der Waals surface area contributed by atoms with E-state index in [1.54, 1.807) is 6.34 Å². The molecule has 0 aromatic heterocycles. The zero-order chi connectivity index (χ0) is 27.7. The number of carboxylic acids is 2. The third kappa shape index (κ3) is 41.3. The number of hydrogen-bond acceptors (Lipinski definition) is 4. The van der Waals surface area contributed by atoms with Gasteiger partial charge in [-0.2, -0.15) is 0 Å². The lowest BCUT2D eigenvalue weighted by atomic mass is 10.1. The van der Waals surface area contributed by atoms with Gasteiger partial charge in [0, 0.05) is 19.4 Å². The number of unbranched alkanes of at least 4 members (excludes halogenated alkanes) is 14. The third-order valence-electron chi connectivity index (χ3n) is 5.90. The number of hydrogen-bond donors (Lipinski definition) is 3. The molecule has 1 rings (SSSR count). The van der Waals surface area contributed by atoms with Crippen LogP contribution in [0, 0.1) is 0 Å². The van der Waals surface area contributed by atoms with Crippen molar-refractivity contribution in [1.82, 2.24) is 5.32 Å². The van der Waals surface area contributed by atoms with E-state index >= 15 is 0 Å². The van der Waals surface area contributed by atoms with E-state index in [4.69, 9.17) is 10.2 Å². The highest BCUT2D eigenvalue weighted by Gasteiger charge is 1.96. The number of aliphatic carboxylic acids is 2. The second-order valence-corrected chi connectivity index (χ2v) is 9.63. The molecule has 0 saturated carbocycles. The summed E-state index contributed by atoms with van der Waals surface area (Å²) in [6, 6.07) is 0. The summed E-state index contributed by atoms with van der Waals surface area (Å²) >= 11 is 0. The van der Waals surface area contributed by atoms with Gasteiger partial charge in [0.2, 0.25) is 0 Å². The van der Waals surface area contributed by atoms with Gasteiger partial charge in [0.25, 0.3) is 0 Å². The molecule has 1 heterocycles. The maximum absolute atomic E-state index is 10.3. The maximum Gasteiger partial charge on any atom is 0.303 e. The van der Waals surface area contributed by atoms with Crippen molar-refractivity contribution in [3.8, 4) is 0 Å². The predicted octanol–water partition coefficient (Wildman–Crippen LogP) is 8.71. The number of allylic oxidation sites excluding steroid dienone is 4. The fraction of sp³-hybridized carbons (Fsp3) is 0.774. The number of carboxylic acid groups (broad SMARTS) is 2. The summed E-state index contributed by atoms with van der Waals surface area (Å²) in [7, 11) is 0. The van der Waals surface area contributed by atoms with Crippen molar-refractivity contribution in [2.24, 2.45) is 4.99 Å². The molecule has 6 nitrogen and oxygen atoms in total. The Morgan fingerprint density at radius 3 is 1.51 bits per heavy atom. The molecule has 0 atom stereocenters. The van der Waals surface area contributed by atoms with Gasteiger partial charge in [0.1, 0.15) is 0 Å². The fourth-order valence-corrected chi connectivity index (χ4v) is 3.64. The zero-order valence-electron chi connectivity index (χ0n) is 24.1. The van der Waals surface area contributed by atoms with Crippen LogP contribution in [0.5, 0.6) is 0 Å². The highest BCUT2D eigenvalue weighted by molar-refractivity contribution is 5.66. The summed E-state index contributed by atoms with van der Waals surface area (Å²) in [5.74, 6) is -1.33. The van der Waals surface area contributed by atoms with Crippen molar-refractivity contribution in [3.63, 3.8) is 0 Å². The normalized spacial score (nSPS) is 12.2. The molecule has 0 aliphatic carbocycles. The smallest absolute Gasteiger partial charge is 0.303 e. The predicted molar refractivity (Wildman–Crippen MR) is 159 cm³/mol. The molecular weight excluding hydrogens is 464 g/mol. The second-order valence-electron chi connectivity index (χ2n) is 9.63. The lowest BCUT2D eigenvalue weighted by molar-refractivity contribution is -0.138. The molecule has 0 saturated heterocycles. The van der Waals surface area contributed by atoms with Gasteiger partial charge in [-0.15, -0.1) is 0 Å². The Kier molecular flexibility index (Phi) is 33.9. The van der Waals surface area contributed by atoms with Gasteiger partial charge >= 0.3 is 11.9 Å². The van der Waals surface area contributed by atoms with Crippen LogP contribution in [0.1, 0.15) is 142 Å². The Morgan fingerprint density at radius 1 is 0.676 bits per heavy atom. The van der Waals surface area contributed by atoms with Crippen LogP contribution >= 0.6 is 0 Å². The van der Waals surface area contributed by atoms with Crippen molar-refractivity contribution >= 4 is 18.3 Å². The van der Waals surface area contributed by atoms with Crippen LogP contribution in [0.3, 0.4) is 0 Å². The van der Waals surface area contributed by atoms with Gasteiger partial charge < -0.3 is 15.5 Å². The van der Waals surface area contributed by atoms with Crippen molar-refractivity contribution in [1.29, 1.82) is 0 Å². The lowest BCUT2D eigenvalue weighted by Crippen LogP contribution is -2.04. The number of nitrogens with zero attached hydrogens (tertiary/aromatic N) is 1. The molecule has 0 unspecified atom stereocenters. The van der Waals surface area contributed by atoms with Gasteiger partial charge in [-0.3, -0.25) is 14.6 Å². The van der Waals surface area contributed by atoms with Crippen LogP contribution in [0.2, 0.25) is 0 Å². The van der Waals surface area contributed by atoms with Gasteiger partial charge in [-0.25, -0.2) is 0 Å². The first-order valence-corrected chi connectivity index (χ1v) is 15.0. The minimum absolute atomic E-state index is 0.324. The van der Waals surface area contributed by atoms with E-state index in [0.29, 0.717) is 12.8 Å². The van der Waals surface area contributed by atoms with Crippen molar-refractivity contribution < 1.29 is 19.8 Å². The number of aliphatic imine (C=N–C) groups is 1. The van der Waals surface area contributed by atoms with E-state index in [1.807, 2.05) is 0 Å². The van der Waals surface area contributed by atoms with Gasteiger partial charge in [0.05, 0.1) is 12.9 Å². The first-order valence-electron chi connectivity index (χ1n) is 15.0. The highest BCUT2D eigenvalue weighted by Crippen LogP contribution is 2.09. The topological polar surface area (TPSA) is 99.0 Å². The molecule has 0 fully saturated rings. The molecule has 6 heteroatoms. The molecule has 1 aliphatic rings. The molecule has 0 amide bonds. The molecule has 37 heavy (non-hydrogen) atoms. The summed E-state index contributed by atoms with van der Waals surface area (Å²) in [4.78, 5) is 24.3. The Balaban J connectivity index is 0. The largest absolute Gasteiger partial charge is 0.481 e. The van der Waals surface area contributed by atoms with E-state index in [0.717, 1.165) is 51.6 Å². The van der Waals surface area contributed by atoms with E-state index in [-0.39, 0.29) is 0 Å². The molecule has 0 aromatic carbocycles. The molecule has 0 spiro atoms. The van der Waals surface area contributed by atoms with E-state index in [9.17, 15) is 9.59 Å². The standard InChI is InChI=1S/C18H32O2.C10H20O2.C3H6N2/c1-2-3-4-5-6-7-8-9-10-11-12-13-14-15-16-17-18(19)20;1-2-3-4-5-6-7-8-9-10(11)12;1-2-5-3-4-1/h6-7,9-10H,2-5,8,11-17H2,1H3,(H,19,20);2-9H2,1H3,(H,11,12);3H,1-2H2,(H,4,5)/b7-6-,10-9-;;. The van der Waals surface area contributed by atoms with Gasteiger partial charge in [-0.1, -0.05) is 109 Å². The quantitative estimate of drug-likeness (QED) is 0.0975.